The van der Waals surface area contributed by atoms with E-state index in [4.69, 9.17) is 4.74 Å². The van der Waals surface area contributed by atoms with Crippen molar-refractivity contribution >= 4 is 29.3 Å². The summed E-state index contributed by atoms with van der Waals surface area (Å²) < 4.78 is 5.23. The Bertz CT molecular complexity index is 1370. The van der Waals surface area contributed by atoms with Gasteiger partial charge in [0.2, 0.25) is 11.8 Å². The molecule has 0 saturated carbocycles. The monoisotopic (exact) mass is 493 g/mol. The first kappa shape index (κ1) is 23.3. The first-order chi connectivity index (χ1) is 17.7. The number of hydrogen-bond donors (Lipinski definition) is 0. The van der Waals surface area contributed by atoms with Gasteiger partial charge in [-0.05, 0) is 40.5 Å². The van der Waals surface area contributed by atoms with E-state index >= 15 is 0 Å². The molecule has 186 valence electrons. The van der Waals surface area contributed by atoms with Crippen LogP contribution in [0.1, 0.15) is 65.2 Å². The van der Waals surface area contributed by atoms with Crippen molar-refractivity contribution in [3.05, 3.63) is 101 Å². The summed E-state index contributed by atoms with van der Waals surface area (Å²) in [5.74, 6) is -2.74. The molecule has 0 spiro atoms. The molecule has 37 heavy (non-hydrogen) atoms. The van der Waals surface area contributed by atoms with Crippen molar-refractivity contribution in [3.8, 4) is 0 Å². The number of imide groups is 1. The van der Waals surface area contributed by atoms with Crippen molar-refractivity contribution < 1.29 is 23.9 Å². The molecule has 1 aliphatic heterocycles. The molecular weight excluding hydrogens is 466 g/mol. The number of Topliss-reactive ketones (excluding diaryl/α,β-unsaturated/α-hetero) is 1. The predicted octanol–water partition coefficient (Wildman–Crippen LogP) is 4.86. The second-order valence-corrected chi connectivity index (χ2v) is 11.1. The lowest BCUT2D eigenvalue weighted by Gasteiger charge is -2.45. The molecule has 2 atom stereocenters. The maximum absolute atomic E-state index is 13.9. The van der Waals surface area contributed by atoms with Gasteiger partial charge in [-0.25, -0.2) is 9.69 Å². The summed E-state index contributed by atoms with van der Waals surface area (Å²) in [6.45, 7) is 4.95. The van der Waals surface area contributed by atoms with Gasteiger partial charge in [-0.3, -0.25) is 14.4 Å². The third kappa shape index (κ3) is 3.46. The lowest BCUT2D eigenvalue weighted by molar-refractivity contribution is -0.129. The van der Waals surface area contributed by atoms with Crippen LogP contribution < -0.4 is 4.90 Å². The Labute approximate surface area is 215 Å². The smallest absolute Gasteiger partial charge is 0.338 e. The van der Waals surface area contributed by atoms with Gasteiger partial charge in [-0.1, -0.05) is 75.4 Å². The number of nitrogens with zero attached hydrogens (tertiary/aromatic N) is 1. The van der Waals surface area contributed by atoms with E-state index in [-0.39, 0.29) is 41.6 Å². The number of amides is 2. The van der Waals surface area contributed by atoms with E-state index in [1.807, 2.05) is 24.3 Å². The van der Waals surface area contributed by atoms with Crippen molar-refractivity contribution in [2.75, 3.05) is 11.5 Å². The van der Waals surface area contributed by atoms with Gasteiger partial charge in [-0.2, -0.15) is 0 Å². The summed E-state index contributed by atoms with van der Waals surface area (Å²) in [5.41, 5.74) is 4.33. The van der Waals surface area contributed by atoms with Crippen LogP contribution in [0.5, 0.6) is 0 Å². The van der Waals surface area contributed by atoms with E-state index in [2.05, 4.69) is 24.3 Å². The average Bonchev–Trinajstić information content (AvgIpc) is 3.16. The maximum atomic E-state index is 13.9. The predicted molar refractivity (Wildman–Crippen MR) is 137 cm³/mol. The molecule has 2 bridgehead atoms. The van der Waals surface area contributed by atoms with Crippen molar-refractivity contribution in [1.29, 1.82) is 0 Å². The first-order valence-electron chi connectivity index (χ1n) is 12.5. The van der Waals surface area contributed by atoms with Gasteiger partial charge in [0.1, 0.15) is 0 Å². The molecule has 0 N–H and O–H groups in total. The number of carbonyl (C=O) groups excluding carboxylic acids is 4. The van der Waals surface area contributed by atoms with E-state index in [0.29, 0.717) is 5.69 Å². The van der Waals surface area contributed by atoms with Crippen LogP contribution in [-0.4, -0.2) is 30.2 Å². The summed E-state index contributed by atoms with van der Waals surface area (Å²) in [6, 6.07) is 22.5. The molecule has 1 saturated heterocycles. The van der Waals surface area contributed by atoms with Crippen LogP contribution in [0.25, 0.3) is 0 Å². The lowest BCUT2D eigenvalue weighted by Crippen LogP contribution is -2.41. The number of ether oxygens (including phenoxy) is 1. The van der Waals surface area contributed by atoms with Gasteiger partial charge in [-0.15, -0.1) is 0 Å². The zero-order valence-corrected chi connectivity index (χ0v) is 20.9. The molecule has 0 aromatic heterocycles. The molecule has 3 aliphatic carbocycles. The lowest BCUT2D eigenvalue weighted by atomic mass is 9.55. The zero-order valence-electron chi connectivity index (χ0n) is 20.9. The Morgan fingerprint density at radius 3 is 1.70 bits per heavy atom. The molecule has 4 aliphatic rings. The highest BCUT2D eigenvalue weighted by atomic mass is 16.5. The fraction of sp³-hybridized carbons (Fsp3) is 0.290. The quantitative estimate of drug-likeness (QED) is 0.383. The second-order valence-electron chi connectivity index (χ2n) is 11.1. The minimum atomic E-state index is -0.671. The molecule has 3 aromatic rings. The highest BCUT2D eigenvalue weighted by Crippen LogP contribution is 2.61. The number of esters is 1. The van der Waals surface area contributed by atoms with E-state index < -0.39 is 23.2 Å². The molecule has 6 heteroatoms. The summed E-state index contributed by atoms with van der Waals surface area (Å²) in [7, 11) is 0. The molecule has 0 radical (unpaired) electrons. The fourth-order valence-corrected chi connectivity index (χ4v) is 6.13. The van der Waals surface area contributed by atoms with E-state index in [9.17, 15) is 19.2 Å². The van der Waals surface area contributed by atoms with Gasteiger partial charge in [0.25, 0.3) is 0 Å². The van der Waals surface area contributed by atoms with Crippen molar-refractivity contribution in [3.63, 3.8) is 0 Å². The number of rotatable bonds is 4. The van der Waals surface area contributed by atoms with Crippen LogP contribution in [0.15, 0.2) is 72.8 Å². The Hall–Kier alpha value is -4.06. The van der Waals surface area contributed by atoms with Crippen LogP contribution in [0.3, 0.4) is 0 Å². The first-order valence-corrected chi connectivity index (χ1v) is 12.5. The highest BCUT2D eigenvalue weighted by molar-refractivity contribution is 6.23. The van der Waals surface area contributed by atoms with Crippen LogP contribution >= 0.6 is 0 Å². The molecule has 1 heterocycles. The van der Waals surface area contributed by atoms with E-state index in [0.717, 1.165) is 22.3 Å². The fourth-order valence-electron chi connectivity index (χ4n) is 6.13. The van der Waals surface area contributed by atoms with Crippen LogP contribution in [0, 0.1) is 17.3 Å². The summed E-state index contributed by atoms with van der Waals surface area (Å²) in [5, 5.41) is 0. The molecule has 1 fully saturated rings. The number of hydrogen-bond acceptors (Lipinski definition) is 5. The number of carbonyl (C=O) groups is 4. The van der Waals surface area contributed by atoms with Crippen LogP contribution in [0.4, 0.5) is 5.69 Å². The molecule has 0 unspecified atom stereocenters. The summed E-state index contributed by atoms with van der Waals surface area (Å²) >= 11 is 0. The second kappa shape index (κ2) is 8.23. The topological polar surface area (TPSA) is 80.8 Å². The average molecular weight is 494 g/mol. The molecule has 6 nitrogen and oxygen atoms in total. The van der Waals surface area contributed by atoms with Crippen LogP contribution in [-0.2, 0) is 19.1 Å². The largest absolute Gasteiger partial charge is 0.454 e. The Kier molecular flexibility index (Phi) is 5.19. The number of benzene rings is 3. The normalized spacial score (nSPS) is 23.4. The molecular formula is C31H27NO5. The SMILES string of the molecule is CC(C)(C)C(=O)COC(=O)c1cccc(N2C(=O)[C@H]3C4c5ccccc5C(c5ccccc54)[C@@H]3C2=O)c1. The standard InChI is InChI=1S/C31H27NO5/c1-31(2,3)23(33)16-37-30(36)17-9-8-10-18(15-17)32-28(34)26-24-19-11-4-5-12-20(19)25(27(26)29(32)35)22-14-7-6-13-21(22)24/h4-15,24-27H,16H2,1-3H3/t24?,25?,26-,27-/m0/s1. The third-order valence-electron chi connectivity index (χ3n) is 7.96. The highest BCUT2D eigenvalue weighted by Gasteiger charge is 2.61. The Balaban J connectivity index is 1.34. The van der Waals surface area contributed by atoms with Crippen molar-refractivity contribution in [2.24, 2.45) is 17.3 Å². The summed E-state index contributed by atoms with van der Waals surface area (Å²) in [6.07, 6.45) is 0. The Morgan fingerprint density at radius 2 is 1.24 bits per heavy atom. The van der Waals surface area contributed by atoms with Gasteiger partial charge in [0.15, 0.2) is 12.4 Å². The van der Waals surface area contributed by atoms with E-state index in [1.165, 1.54) is 11.0 Å². The molecule has 3 aromatic carbocycles. The van der Waals surface area contributed by atoms with E-state index in [1.54, 1.807) is 39.0 Å². The summed E-state index contributed by atoms with van der Waals surface area (Å²) in [4.78, 5) is 54.0. The van der Waals surface area contributed by atoms with Crippen LogP contribution in [0.2, 0.25) is 0 Å². The zero-order chi connectivity index (χ0) is 26.1. The van der Waals surface area contributed by atoms with Gasteiger partial charge >= 0.3 is 5.97 Å². The molecule has 2 amide bonds. The third-order valence-corrected chi connectivity index (χ3v) is 7.96. The van der Waals surface area contributed by atoms with Crippen molar-refractivity contribution in [2.45, 2.75) is 32.6 Å². The van der Waals surface area contributed by atoms with Gasteiger partial charge in [0, 0.05) is 17.3 Å². The minimum absolute atomic E-state index is 0.184. The van der Waals surface area contributed by atoms with Gasteiger partial charge < -0.3 is 4.74 Å². The number of ketones is 1. The maximum Gasteiger partial charge on any atom is 0.338 e. The van der Waals surface area contributed by atoms with Gasteiger partial charge in [0.05, 0.1) is 23.1 Å². The van der Waals surface area contributed by atoms with Crippen molar-refractivity contribution in [1.82, 2.24) is 0 Å². The Morgan fingerprint density at radius 1 is 0.757 bits per heavy atom. The minimum Gasteiger partial charge on any atom is -0.454 e. The molecule has 7 rings (SSSR count). The number of anilines is 1.